The smallest absolute Gasteiger partial charge is 0.0520 e. The number of halogens is 1. The Hall–Kier alpha value is -1.36. The number of hydrogen-bond acceptors (Lipinski definition) is 3. The van der Waals surface area contributed by atoms with E-state index in [-0.39, 0.29) is 0 Å². The zero-order valence-corrected chi connectivity index (χ0v) is 13.7. The summed E-state index contributed by atoms with van der Waals surface area (Å²) in [5.74, 6) is 0.524. The molecule has 4 heteroatoms. The largest absolute Gasteiger partial charge is 0.385 e. The van der Waals surface area contributed by atoms with Crippen molar-refractivity contribution >= 4 is 21.6 Å². The first-order valence-corrected chi connectivity index (χ1v) is 8.06. The maximum Gasteiger partial charge on any atom is 0.0520 e. The van der Waals surface area contributed by atoms with Gasteiger partial charge in [-0.25, -0.2) is 5.43 Å². The van der Waals surface area contributed by atoms with Gasteiger partial charge in [0.15, 0.2) is 0 Å². The van der Waals surface area contributed by atoms with Gasteiger partial charge in [-0.15, -0.1) is 0 Å². The predicted octanol–water partition coefficient (Wildman–Crippen LogP) is 3.63. The Morgan fingerprint density at radius 1 is 1.19 bits per heavy atom. The molecule has 0 aliphatic carbocycles. The summed E-state index contributed by atoms with van der Waals surface area (Å²) in [6.07, 6.45) is 0. The van der Waals surface area contributed by atoms with E-state index in [0.717, 1.165) is 17.6 Å². The average molecular weight is 346 g/mol. The molecule has 1 heterocycles. The number of hydrazine groups is 1. The summed E-state index contributed by atoms with van der Waals surface area (Å²) < 4.78 is 1.15. The minimum Gasteiger partial charge on any atom is -0.385 e. The molecule has 0 bridgehead atoms. The van der Waals surface area contributed by atoms with Gasteiger partial charge in [-0.1, -0.05) is 46.3 Å². The third kappa shape index (κ3) is 3.46. The molecule has 1 fully saturated rings. The minimum atomic E-state index is 0.357. The fraction of sp³-hybridized carbons (Fsp3) is 0.294. The van der Waals surface area contributed by atoms with E-state index in [9.17, 15) is 0 Å². The molecule has 1 aliphatic rings. The molecule has 2 aromatic rings. The summed E-state index contributed by atoms with van der Waals surface area (Å²) >= 11 is 3.54. The molecular weight excluding hydrogens is 326 g/mol. The van der Waals surface area contributed by atoms with Gasteiger partial charge in [0.2, 0.25) is 0 Å². The van der Waals surface area contributed by atoms with Crippen LogP contribution in [0.3, 0.4) is 0 Å². The van der Waals surface area contributed by atoms with Crippen LogP contribution in [0.4, 0.5) is 5.69 Å². The molecule has 3 N–H and O–H groups in total. The van der Waals surface area contributed by atoms with Crippen LogP contribution >= 0.6 is 15.9 Å². The molecule has 2 unspecified atom stereocenters. The van der Waals surface area contributed by atoms with Crippen LogP contribution in [0.1, 0.15) is 17.2 Å². The molecular formula is C17H20BrN3. The van der Waals surface area contributed by atoms with Crippen LogP contribution in [0.15, 0.2) is 53.0 Å². The van der Waals surface area contributed by atoms with Gasteiger partial charge in [0, 0.05) is 29.2 Å². The van der Waals surface area contributed by atoms with E-state index in [1.165, 1.54) is 16.8 Å². The molecule has 1 saturated heterocycles. The highest BCUT2D eigenvalue weighted by Crippen LogP contribution is 2.26. The van der Waals surface area contributed by atoms with E-state index < -0.39 is 0 Å². The predicted molar refractivity (Wildman–Crippen MR) is 91.2 cm³/mol. The summed E-state index contributed by atoms with van der Waals surface area (Å²) in [6.45, 7) is 4.03. The molecule has 0 spiro atoms. The fourth-order valence-electron chi connectivity index (χ4n) is 2.75. The first kappa shape index (κ1) is 14.6. The van der Waals surface area contributed by atoms with Crippen LogP contribution in [-0.2, 0) is 0 Å². The van der Waals surface area contributed by atoms with E-state index in [1.807, 2.05) is 0 Å². The molecule has 1 aliphatic heterocycles. The van der Waals surface area contributed by atoms with Crippen LogP contribution in [0, 0.1) is 12.8 Å². The zero-order chi connectivity index (χ0) is 14.7. The highest BCUT2D eigenvalue weighted by atomic mass is 79.9. The van der Waals surface area contributed by atoms with Gasteiger partial charge in [-0.3, -0.25) is 5.43 Å². The number of aryl methyl sites for hydroxylation is 1. The summed E-state index contributed by atoms with van der Waals surface area (Å²) in [6, 6.07) is 17.4. The quantitative estimate of drug-likeness (QED) is 0.791. The van der Waals surface area contributed by atoms with Crippen LogP contribution in [0.25, 0.3) is 0 Å². The van der Waals surface area contributed by atoms with Crippen molar-refractivity contribution in [3.05, 3.63) is 64.1 Å². The summed E-state index contributed by atoms with van der Waals surface area (Å²) in [5, 5.41) is 3.55. The van der Waals surface area contributed by atoms with Crippen molar-refractivity contribution in [1.82, 2.24) is 10.9 Å². The van der Waals surface area contributed by atoms with Crippen molar-refractivity contribution in [3.8, 4) is 0 Å². The molecule has 2 atom stereocenters. The van der Waals surface area contributed by atoms with Gasteiger partial charge in [0.25, 0.3) is 0 Å². The lowest BCUT2D eigenvalue weighted by Crippen LogP contribution is -2.26. The highest BCUT2D eigenvalue weighted by Gasteiger charge is 2.27. The van der Waals surface area contributed by atoms with Crippen LogP contribution in [0.5, 0.6) is 0 Å². The molecule has 0 radical (unpaired) electrons. The minimum absolute atomic E-state index is 0.357. The highest BCUT2D eigenvalue weighted by molar-refractivity contribution is 9.10. The van der Waals surface area contributed by atoms with E-state index in [1.54, 1.807) is 0 Å². The molecule has 0 aromatic heterocycles. The zero-order valence-electron chi connectivity index (χ0n) is 12.1. The van der Waals surface area contributed by atoms with Crippen molar-refractivity contribution in [3.63, 3.8) is 0 Å². The van der Waals surface area contributed by atoms with Gasteiger partial charge in [-0.05, 0) is 36.2 Å². The van der Waals surface area contributed by atoms with E-state index >= 15 is 0 Å². The summed E-state index contributed by atoms with van der Waals surface area (Å²) in [7, 11) is 0. The fourth-order valence-corrected chi connectivity index (χ4v) is 2.99. The standard InChI is InChI=1S/C17H20BrN3/c1-12-9-15(7-8-16(12)18)19-10-14-11-20-21-17(14)13-5-3-2-4-6-13/h2-9,14,17,19-21H,10-11H2,1H3. The number of rotatable bonds is 4. The Morgan fingerprint density at radius 3 is 2.76 bits per heavy atom. The lowest BCUT2D eigenvalue weighted by atomic mass is 9.95. The third-order valence-electron chi connectivity index (χ3n) is 3.98. The first-order valence-electron chi connectivity index (χ1n) is 7.27. The number of hydrogen-bond donors (Lipinski definition) is 3. The Bertz CT molecular complexity index is 600. The molecule has 110 valence electrons. The van der Waals surface area contributed by atoms with Crippen LogP contribution in [0.2, 0.25) is 0 Å². The second kappa shape index (κ2) is 6.60. The average Bonchev–Trinajstić information content (AvgIpc) is 2.98. The Kier molecular flexibility index (Phi) is 4.58. The topological polar surface area (TPSA) is 36.1 Å². The molecule has 0 saturated carbocycles. The maximum atomic E-state index is 3.55. The van der Waals surface area contributed by atoms with E-state index in [0.29, 0.717) is 12.0 Å². The van der Waals surface area contributed by atoms with Gasteiger partial charge >= 0.3 is 0 Å². The first-order chi connectivity index (χ1) is 10.2. The maximum absolute atomic E-state index is 3.55. The normalized spacial score (nSPS) is 21.4. The number of anilines is 1. The molecule has 0 amide bonds. The third-order valence-corrected chi connectivity index (χ3v) is 4.87. The Labute approximate surface area is 134 Å². The van der Waals surface area contributed by atoms with E-state index in [2.05, 4.69) is 87.6 Å². The van der Waals surface area contributed by atoms with Crippen molar-refractivity contribution in [1.29, 1.82) is 0 Å². The lowest BCUT2D eigenvalue weighted by Gasteiger charge is -2.20. The van der Waals surface area contributed by atoms with Gasteiger partial charge in [0.05, 0.1) is 6.04 Å². The Morgan fingerprint density at radius 2 is 2.00 bits per heavy atom. The lowest BCUT2D eigenvalue weighted by molar-refractivity contribution is 0.493. The van der Waals surface area contributed by atoms with E-state index in [4.69, 9.17) is 0 Å². The molecule has 21 heavy (non-hydrogen) atoms. The van der Waals surface area contributed by atoms with Gasteiger partial charge in [-0.2, -0.15) is 0 Å². The number of benzene rings is 2. The van der Waals surface area contributed by atoms with Crippen LogP contribution < -0.4 is 16.2 Å². The molecule has 3 rings (SSSR count). The SMILES string of the molecule is Cc1cc(NCC2CNNC2c2ccccc2)ccc1Br. The van der Waals surface area contributed by atoms with Crippen molar-refractivity contribution in [2.75, 3.05) is 18.4 Å². The van der Waals surface area contributed by atoms with Crippen molar-refractivity contribution in [2.45, 2.75) is 13.0 Å². The van der Waals surface area contributed by atoms with Crippen molar-refractivity contribution in [2.24, 2.45) is 5.92 Å². The summed E-state index contributed by atoms with van der Waals surface area (Å²) in [4.78, 5) is 0. The monoisotopic (exact) mass is 345 g/mol. The molecule has 3 nitrogen and oxygen atoms in total. The Balaban J connectivity index is 1.65. The van der Waals surface area contributed by atoms with Crippen LogP contribution in [-0.4, -0.2) is 13.1 Å². The number of nitrogens with one attached hydrogen (secondary N) is 3. The second-order valence-electron chi connectivity index (χ2n) is 5.52. The van der Waals surface area contributed by atoms with Gasteiger partial charge in [0.1, 0.15) is 0 Å². The van der Waals surface area contributed by atoms with Crippen molar-refractivity contribution < 1.29 is 0 Å². The van der Waals surface area contributed by atoms with Gasteiger partial charge < -0.3 is 5.32 Å². The second-order valence-corrected chi connectivity index (χ2v) is 6.37. The molecule has 2 aromatic carbocycles. The summed E-state index contributed by atoms with van der Waals surface area (Å²) in [5.41, 5.74) is 10.4.